The summed E-state index contributed by atoms with van der Waals surface area (Å²) in [7, 11) is 0. The SMILES string of the molecule is CCCN(CCC(OCC)c1nc(C(=O)O)cs1)C(=O)OC(C)(C)C. The lowest BCUT2D eigenvalue weighted by Gasteiger charge is -2.28. The van der Waals surface area contributed by atoms with Crippen molar-refractivity contribution in [3.05, 3.63) is 16.1 Å². The third kappa shape index (κ3) is 7.39. The molecule has 0 saturated heterocycles. The van der Waals surface area contributed by atoms with Crippen LogP contribution < -0.4 is 0 Å². The molecule has 1 heterocycles. The fourth-order valence-corrected chi connectivity index (χ4v) is 3.05. The number of amides is 1. The van der Waals surface area contributed by atoms with Gasteiger partial charge in [-0.15, -0.1) is 11.3 Å². The molecule has 142 valence electrons. The standard InChI is InChI=1S/C17H28N2O5S/c1-6-9-19(16(22)24-17(3,4)5)10-8-13(23-7-2)14-18-12(11-25-14)15(20)21/h11,13H,6-10H2,1-5H3,(H,20,21). The van der Waals surface area contributed by atoms with E-state index in [0.717, 1.165) is 6.42 Å². The highest BCUT2D eigenvalue weighted by Gasteiger charge is 2.24. The predicted molar refractivity (Wildman–Crippen MR) is 96.2 cm³/mol. The highest BCUT2D eigenvalue weighted by Crippen LogP contribution is 2.25. The summed E-state index contributed by atoms with van der Waals surface area (Å²) >= 11 is 1.26. The molecule has 8 heteroatoms. The van der Waals surface area contributed by atoms with Crippen LogP contribution in [0, 0.1) is 0 Å². The molecule has 0 aliphatic heterocycles. The molecular formula is C17H28N2O5S. The molecule has 25 heavy (non-hydrogen) atoms. The van der Waals surface area contributed by atoms with Crippen molar-refractivity contribution in [3.63, 3.8) is 0 Å². The van der Waals surface area contributed by atoms with Gasteiger partial charge < -0.3 is 19.5 Å². The number of aromatic nitrogens is 1. The maximum atomic E-state index is 12.3. The number of hydrogen-bond donors (Lipinski definition) is 1. The van der Waals surface area contributed by atoms with E-state index in [1.54, 1.807) is 4.90 Å². The molecule has 1 N–H and O–H groups in total. The van der Waals surface area contributed by atoms with Gasteiger partial charge in [-0.2, -0.15) is 0 Å². The van der Waals surface area contributed by atoms with Gasteiger partial charge in [0.25, 0.3) is 0 Å². The summed E-state index contributed by atoms with van der Waals surface area (Å²) in [6, 6.07) is 0. The van der Waals surface area contributed by atoms with Gasteiger partial charge in [0, 0.05) is 25.1 Å². The molecule has 0 bridgehead atoms. The number of carbonyl (C=O) groups excluding carboxylic acids is 1. The number of rotatable bonds is 9. The van der Waals surface area contributed by atoms with Gasteiger partial charge in [0.1, 0.15) is 16.7 Å². The van der Waals surface area contributed by atoms with Crippen LogP contribution in [0.4, 0.5) is 4.79 Å². The Bertz CT molecular complexity index is 568. The maximum Gasteiger partial charge on any atom is 0.410 e. The van der Waals surface area contributed by atoms with Gasteiger partial charge in [0.05, 0.1) is 0 Å². The minimum atomic E-state index is -1.06. The van der Waals surface area contributed by atoms with Gasteiger partial charge in [-0.25, -0.2) is 14.6 Å². The van der Waals surface area contributed by atoms with E-state index in [1.807, 2.05) is 34.6 Å². The lowest BCUT2D eigenvalue weighted by atomic mass is 10.2. The number of carbonyl (C=O) groups is 2. The topological polar surface area (TPSA) is 89.0 Å². The van der Waals surface area contributed by atoms with Crippen LogP contribution in [-0.4, -0.2) is 52.4 Å². The van der Waals surface area contributed by atoms with Crippen molar-refractivity contribution in [2.24, 2.45) is 0 Å². The Morgan fingerprint density at radius 3 is 2.48 bits per heavy atom. The zero-order valence-corrected chi connectivity index (χ0v) is 16.4. The summed E-state index contributed by atoms with van der Waals surface area (Å²) in [5.74, 6) is -1.06. The molecule has 7 nitrogen and oxygen atoms in total. The molecule has 0 aromatic carbocycles. The number of thiazole rings is 1. The third-order valence-electron chi connectivity index (χ3n) is 3.19. The van der Waals surface area contributed by atoms with Crippen molar-refractivity contribution >= 4 is 23.4 Å². The van der Waals surface area contributed by atoms with Gasteiger partial charge >= 0.3 is 12.1 Å². The van der Waals surface area contributed by atoms with Crippen LogP contribution >= 0.6 is 11.3 Å². The van der Waals surface area contributed by atoms with Crippen molar-refractivity contribution in [3.8, 4) is 0 Å². The molecule has 0 aliphatic rings. The number of carboxylic acids is 1. The van der Waals surface area contributed by atoms with Crippen LogP contribution in [0.25, 0.3) is 0 Å². The van der Waals surface area contributed by atoms with E-state index in [2.05, 4.69) is 4.98 Å². The van der Waals surface area contributed by atoms with E-state index < -0.39 is 11.6 Å². The normalized spacial score (nSPS) is 12.7. The number of ether oxygens (including phenoxy) is 2. The lowest BCUT2D eigenvalue weighted by molar-refractivity contribution is 0.0156. The first-order valence-corrected chi connectivity index (χ1v) is 9.34. The summed E-state index contributed by atoms with van der Waals surface area (Å²) in [6.07, 6.45) is 0.651. The predicted octanol–water partition coefficient (Wildman–Crippen LogP) is 3.96. The Morgan fingerprint density at radius 2 is 2.00 bits per heavy atom. The monoisotopic (exact) mass is 372 g/mol. The average molecular weight is 372 g/mol. The summed E-state index contributed by atoms with van der Waals surface area (Å²) in [4.78, 5) is 29.1. The van der Waals surface area contributed by atoms with Crippen LogP contribution in [0.5, 0.6) is 0 Å². The first-order valence-electron chi connectivity index (χ1n) is 8.46. The highest BCUT2D eigenvalue weighted by molar-refractivity contribution is 7.09. The molecule has 0 radical (unpaired) electrons. The third-order valence-corrected chi connectivity index (χ3v) is 4.13. The molecule has 0 saturated carbocycles. The van der Waals surface area contributed by atoms with Gasteiger partial charge in [-0.05, 0) is 40.5 Å². The maximum absolute atomic E-state index is 12.3. The zero-order chi connectivity index (χ0) is 19.0. The second kappa shape index (κ2) is 9.72. The van der Waals surface area contributed by atoms with E-state index in [-0.39, 0.29) is 17.9 Å². The van der Waals surface area contributed by atoms with Crippen molar-refractivity contribution in [1.29, 1.82) is 0 Å². The van der Waals surface area contributed by atoms with Crippen LogP contribution in [0.1, 0.15) is 69.1 Å². The van der Waals surface area contributed by atoms with Gasteiger partial charge in [-0.1, -0.05) is 6.92 Å². The molecule has 1 aromatic rings. The van der Waals surface area contributed by atoms with E-state index in [0.29, 0.717) is 31.1 Å². The Labute approximate surface area is 153 Å². The molecule has 0 fully saturated rings. The first-order chi connectivity index (χ1) is 11.7. The average Bonchev–Trinajstić information content (AvgIpc) is 2.98. The Morgan fingerprint density at radius 1 is 1.32 bits per heavy atom. The Balaban J connectivity index is 2.77. The van der Waals surface area contributed by atoms with Crippen molar-refractivity contribution in [1.82, 2.24) is 9.88 Å². The lowest BCUT2D eigenvalue weighted by Crippen LogP contribution is -2.38. The molecular weight excluding hydrogens is 344 g/mol. The number of aromatic carboxylic acids is 1. The summed E-state index contributed by atoms with van der Waals surface area (Å²) in [5.41, 5.74) is -0.532. The number of nitrogens with zero attached hydrogens (tertiary/aromatic N) is 2. The summed E-state index contributed by atoms with van der Waals surface area (Å²) in [5, 5.41) is 11.1. The largest absolute Gasteiger partial charge is 0.476 e. The fraction of sp³-hybridized carbons (Fsp3) is 0.706. The number of carboxylic acid groups (broad SMARTS) is 1. The Kier molecular flexibility index (Phi) is 8.31. The second-order valence-corrected chi connectivity index (χ2v) is 7.47. The summed E-state index contributed by atoms with van der Waals surface area (Å²) < 4.78 is 11.1. The number of hydrogen-bond acceptors (Lipinski definition) is 6. The minimum absolute atomic E-state index is 0.0160. The van der Waals surface area contributed by atoms with Crippen LogP contribution in [0.3, 0.4) is 0 Å². The highest BCUT2D eigenvalue weighted by atomic mass is 32.1. The molecule has 0 aliphatic carbocycles. The molecule has 1 rings (SSSR count). The van der Waals surface area contributed by atoms with E-state index >= 15 is 0 Å². The second-order valence-electron chi connectivity index (χ2n) is 6.58. The van der Waals surface area contributed by atoms with Crippen LogP contribution in [-0.2, 0) is 9.47 Å². The molecule has 1 atom stereocenters. The molecule has 0 spiro atoms. The molecule has 1 aromatic heterocycles. The van der Waals surface area contributed by atoms with Crippen molar-refractivity contribution < 1.29 is 24.2 Å². The molecule has 1 unspecified atom stereocenters. The first kappa shape index (κ1) is 21.4. The van der Waals surface area contributed by atoms with Crippen LogP contribution in [0.2, 0.25) is 0 Å². The summed E-state index contributed by atoms with van der Waals surface area (Å²) in [6.45, 7) is 10.9. The van der Waals surface area contributed by atoms with Crippen molar-refractivity contribution in [2.75, 3.05) is 19.7 Å². The fourth-order valence-electron chi connectivity index (χ4n) is 2.18. The smallest absolute Gasteiger partial charge is 0.410 e. The van der Waals surface area contributed by atoms with E-state index in [4.69, 9.17) is 14.6 Å². The van der Waals surface area contributed by atoms with E-state index in [9.17, 15) is 9.59 Å². The molecule has 1 amide bonds. The Hall–Kier alpha value is -1.67. The quantitative estimate of drug-likeness (QED) is 0.706. The zero-order valence-electron chi connectivity index (χ0n) is 15.6. The van der Waals surface area contributed by atoms with Crippen LogP contribution in [0.15, 0.2) is 5.38 Å². The van der Waals surface area contributed by atoms with Crippen molar-refractivity contribution in [2.45, 2.75) is 59.2 Å². The minimum Gasteiger partial charge on any atom is -0.476 e. The van der Waals surface area contributed by atoms with E-state index in [1.165, 1.54) is 16.7 Å². The van der Waals surface area contributed by atoms with Gasteiger partial charge in [0.2, 0.25) is 0 Å². The van der Waals surface area contributed by atoms with Gasteiger partial charge in [-0.3, -0.25) is 0 Å². The van der Waals surface area contributed by atoms with Gasteiger partial charge in [0.15, 0.2) is 5.69 Å².